The van der Waals surface area contributed by atoms with Crippen molar-refractivity contribution in [2.24, 2.45) is 0 Å². The van der Waals surface area contributed by atoms with Crippen molar-refractivity contribution in [2.45, 2.75) is 31.1 Å². The first-order valence-corrected chi connectivity index (χ1v) is 10.9. The first-order valence-electron chi connectivity index (χ1n) is 9.05. The highest BCUT2D eigenvalue weighted by atomic mass is 32.2. The molecule has 1 fully saturated rings. The smallest absolute Gasteiger partial charge is 0.414 e. The molecule has 0 saturated carbocycles. The molecule has 1 aromatic carbocycles. The quantitative estimate of drug-likeness (QED) is 0.487. The van der Waals surface area contributed by atoms with Crippen molar-refractivity contribution in [1.82, 2.24) is 0 Å². The highest BCUT2D eigenvalue weighted by Gasteiger charge is 2.49. The average molecular weight is 423 g/mol. The van der Waals surface area contributed by atoms with Crippen LogP contribution in [0.25, 0.3) is 0 Å². The Morgan fingerprint density at radius 2 is 2.00 bits per heavy atom. The van der Waals surface area contributed by atoms with Gasteiger partial charge in [0.05, 0.1) is 13.2 Å². The third-order valence-corrected chi connectivity index (χ3v) is 6.62. The number of carbonyl (C=O) groups is 2. The largest absolute Gasteiger partial charge is 0.465 e. The van der Waals surface area contributed by atoms with Crippen molar-refractivity contribution in [3.63, 3.8) is 0 Å². The van der Waals surface area contributed by atoms with Gasteiger partial charge in [0.15, 0.2) is 14.6 Å². The number of nitrogens with zero attached hydrogens (tertiary/aromatic N) is 1. The lowest BCUT2D eigenvalue weighted by Crippen LogP contribution is -2.47. The Bertz CT molecular complexity index is 914. The molecule has 2 atom stereocenters. The SMILES string of the molecule is CCOC(=O)C(C)(CC1CN(c2ccc(C#CCOC)cc2)C(=O)O1)S(C)(=O)=O. The molecule has 0 spiro atoms. The van der Waals surface area contributed by atoms with Gasteiger partial charge in [0.25, 0.3) is 0 Å². The van der Waals surface area contributed by atoms with Gasteiger partial charge in [-0.2, -0.15) is 0 Å². The summed E-state index contributed by atoms with van der Waals surface area (Å²) in [4.78, 5) is 26.0. The normalized spacial score (nSPS) is 18.4. The van der Waals surface area contributed by atoms with E-state index in [1.165, 1.54) is 11.8 Å². The van der Waals surface area contributed by atoms with Gasteiger partial charge < -0.3 is 14.2 Å². The zero-order chi connectivity index (χ0) is 21.7. The van der Waals surface area contributed by atoms with Crippen LogP contribution in [0.4, 0.5) is 10.5 Å². The number of benzene rings is 1. The fourth-order valence-corrected chi connectivity index (χ4v) is 3.73. The van der Waals surface area contributed by atoms with Crippen molar-refractivity contribution < 1.29 is 32.2 Å². The Hall–Kier alpha value is -2.57. The molecule has 2 rings (SSSR count). The van der Waals surface area contributed by atoms with Crippen molar-refractivity contribution in [3.05, 3.63) is 29.8 Å². The maximum atomic E-state index is 12.3. The summed E-state index contributed by atoms with van der Waals surface area (Å²) in [6.45, 7) is 3.39. The summed E-state index contributed by atoms with van der Waals surface area (Å²) in [7, 11) is -2.24. The molecule has 1 aliphatic rings. The summed E-state index contributed by atoms with van der Waals surface area (Å²) in [5, 5.41) is 0. The van der Waals surface area contributed by atoms with Crippen molar-refractivity contribution >= 4 is 27.6 Å². The fraction of sp³-hybridized carbons (Fsp3) is 0.500. The van der Waals surface area contributed by atoms with E-state index in [1.54, 1.807) is 38.3 Å². The Kier molecular flexibility index (Phi) is 7.27. The van der Waals surface area contributed by atoms with Crippen molar-refractivity contribution in [2.75, 3.05) is 38.0 Å². The van der Waals surface area contributed by atoms with E-state index in [2.05, 4.69) is 11.8 Å². The fourth-order valence-electron chi connectivity index (χ4n) is 2.88. The first kappa shape index (κ1) is 22.7. The average Bonchev–Trinajstić information content (AvgIpc) is 3.01. The van der Waals surface area contributed by atoms with Gasteiger partial charge in [-0.3, -0.25) is 9.69 Å². The molecule has 1 saturated heterocycles. The number of esters is 1. The molecule has 0 radical (unpaired) electrons. The number of sulfone groups is 1. The number of carbonyl (C=O) groups excluding carboxylic acids is 2. The van der Waals surface area contributed by atoms with Gasteiger partial charge in [0.2, 0.25) is 0 Å². The topological polar surface area (TPSA) is 99.2 Å². The van der Waals surface area contributed by atoms with Crippen LogP contribution in [0.15, 0.2) is 24.3 Å². The molecule has 1 aromatic rings. The van der Waals surface area contributed by atoms with Crippen molar-refractivity contribution in [3.8, 4) is 11.8 Å². The first-order chi connectivity index (χ1) is 13.6. The maximum Gasteiger partial charge on any atom is 0.414 e. The molecule has 158 valence electrons. The second kappa shape index (κ2) is 9.29. The van der Waals surface area contributed by atoms with Crippen LogP contribution in [0.5, 0.6) is 0 Å². The van der Waals surface area contributed by atoms with Crippen LogP contribution in [0.2, 0.25) is 0 Å². The Morgan fingerprint density at radius 1 is 1.34 bits per heavy atom. The van der Waals surface area contributed by atoms with Gasteiger partial charge in [-0.25, -0.2) is 13.2 Å². The highest BCUT2D eigenvalue weighted by molar-refractivity contribution is 7.92. The monoisotopic (exact) mass is 423 g/mol. The van der Waals surface area contributed by atoms with Gasteiger partial charge in [-0.15, -0.1) is 0 Å². The second-order valence-electron chi connectivity index (χ2n) is 6.83. The summed E-state index contributed by atoms with van der Waals surface area (Å²) in [5.74, 6) is 4.92. The molecular formula is C20H25NO7S. The Balaban J connectivity index is 2.15. The molecule has 0 aliphatic carbocycles. The summed E-state index contributed by atoms with van der Waals surface area (Å²) >= 11 is 0. The summed E-state index contributed by atoms with van der Waals surface area (Å²) in [5.41, 5.74) is 1.36. The van der Waals surface area contributed by atoms with Gasteiger partial charge in [0.1, 0.15) is 12.7 Å². The zero-order valence-electron chi connectivity index (χ0n) is 16.9. The molecule has 1 amide bonds. The van der Waals surface area contributed by atoms with Crippen LogP contribution in [-0.2, 0) is 28.8 Å². The summed E-state index contributed by atoms with van der Waals surface area (Å²) in [6, 6.07) is 6.97. The van der Waals surface area contributed by atoms with Gasteiger partial charge in [-0.1, -0.05) is 11.8 Å². The number of amides is 1. The lowest BCUT2D eigenvalue weighted by atomic mass is 10.0. The molecule has 1 heterocycles. The van der Waals surface area contributed by atoms with E-state index in [0.717, 1.165) is 11.8 Å². The van der Waals surface area contributed by atoms with E-state index in [-0.39, 0.29) is 19.6 Å². The molecule has 29 heavy (non-hydrogen) atoms. The molecule has 8 nitrogen and oxygen atoms in total. The molecular weight excluding hydrogens is 398 g/mol. The number of ether oxygens (including phenoxy) is 3. The van der Waals surface area contributed by atoms with Gasteiger partial charge in [0, 0.05) is 31.0 Å². The molecule has 0 bridgehead atoms. The Morgan fingerprint density at radius 3 is 2.55 bits per heavy atom. The number of anilines is 1. The van der Waals surface area contributed by atoms with E-state index in [0.29, 0.717) is 12.3 Å². The van der Waals surface area contributed by atoms with Crippen LogP contribution >= 0.6 is 0 Å². The van der Waals surface area contributed by atoms with Crippen LogP contribution in [0.1, 0.15) is 25.8 Å². The van der Waals surface area contributed by atoms with E-state index in [9.17, 15) is 18.0 Å². The number of methoxy groups -OCH3 is 1. The maximum absolute atomic E-state index is 12.3. The molecule has 1 aliphatic heterocycles. The highest BCUT2D eigenvalue weighted by Crippen LogP contribution is 2.30. The van der Waals surface area contributed by atoms with Gasteiger partial charge >= 0.3 is 12.1 Å². The summed E-state index contributed by atoms with van der Waals surface area (Å²) in [6.07, 6.45) is -0.587. The number of hydrogen-bond donors (Lipinski definition) is 0. The Labute approximate surface area is 171 Å². The standard InChI is InChI=1S/C20H25NO7S/c1-5-27-18(22)20(2,29(4,24)25)13-17-14-21(19(23)28-17)16-10-8-15(9-11-16)7-6-12-26-3/h8-11,17H,5,12-14H2,1-4H3. The molecule has 0 aromatic heterocycles. The molecule has 0 N–H and O–H groups in total. The number of hydrogen-bond acceptors (Lipinski definition) is 7. The van der Waals surface area contributed by atoms with E-state index < -0.39 is 32.8 Å². The third kappa shape index (κ3) is 5.28. The predicted octanol–water partition coefficient (Wildman–Crippen LogP) is 1.77. The minimum absolute atomic E-state index is 0.0557. The number of cyclic esters (lactones) is 1. The molecule has 9 heteroatoms. The van der Waals surface area contributed by atoms with Gasteiger partial charge in [-0.05, 0) is 38.1 Å². The van der Waals surface area contributed by atoms with E-state index in [1.807, 2.05) is 0 Å². The van der Waals surface area contributed by atoms with E-state index in [4.69, 9.17) is 14.2 Å². The number of rotatable bonds is 7. The van der Waals surface area contributed by atoms with Crippen LogP contribution in [0.3, 0.4) is 0 Å². The van der Waals surface area contributed by atoms with E-state index >= 15 is 0 Å². The van der Waals surface area contributed by atoms with Crippen LogP contribution in [-0.4, -0.2) is 64.5 Å². The van der Waals surface area contributed by atoms with Crippen LogP contribution < -0.4 is 4.90 Å². The minimum Gasteiger partial charge on any atom is -0.465 e. The minimum atomic E-state index is -3.80. The predicted molar refractivity (Wildman–Crippen MR) is 107 cm³/mol. The zero-order valence-corrected chi connectivity index (χ0v) is 17.7. The summed E-state index contributed by atoms with van der Waals surface area (Å²) < 4.78 is 37.9. The third-order valence-electron chi connectivity index (χ3n) is 4.65. The lowest BCUT2D eigenvalue weighted by Gasteiger charge is -2.27. The molecule has 2 unspecified atom stereocenters. The van der Waals surface area contributed by atoms with Crippen LogP contribution in [0, 0.1) is 11.8 Å². The lowest BCUT2D eigenvalue weighted by molar-refractivity contribution is -0.146. The second-order valence-corrected chi connectivity index (χ2v) is 9.27. The van der Waals surface area contributed by atoms with Crippen molar-refractivity contribution in [1.29, 1.82) is 0 Å².